The molecule has 36 heavy (non-hydrogen) atoms. The third kappa shape index (κ3) is 4.89. The summed E-state index contributed by atoms with van der Waals surface area (Å²) in [7, 11) is -4.24. The van der Waals surface area contributed by atoms with Gasteiger partial charge in [-0.2, -0.15) is 8.42 Å². The molecule has 0 spiro atoms. The van der Waals surface area contributed by atoms with Crippen molar-refractivity contribution in [3.8, 4) is 0 Å². The fraction of sp³-hybridized carbons (Fsp3) is 0.964. The maximum absolute atomic E-state index is 12.5. The van der Waals surface area contributed by atoms with E-state index in [4.69, 9.17) is 0 Å². The maximum Gasteiger partial charge on any atom is 0.271 e. The molecule has 4 N–H and O–H groups in total. The molecule has 7 nitrogen and oxygen atoms in total. The monoisotopic (exact) mass is 527 g/mol. The van der Waals surface area contributed by atoms with Gasteiger partial charge >= 0.3 is 0 Å². The van der Waals surface area contributed by atoms with Crippen LogP contribution in [-0.4, -0.2) is 52.6 Å². The van der Waals surface area contributed by atoms with E-state index in [2.05, 4.69) is 26.1 Å². The van der Waals surface area contributed by atoms with E-state index in [0.717, 1.165) is 51.4 Å². The van der Waals surface area contributed by atoms with Crippen molar-refractivity contribution in [3.05, 3.63) is 0 Å². The summed E-state index contributed by atoms with van der Waals surface area (Å²) in [5, 5.41) is 24.4. The second-order valence-corrected chi connectivity index (χ2v) is 16.0. The Labute approximate surface area is 217 Å². The molecule has 0 heterocycles. The van der Waals surface area contributed by atoms with Crippen LogP contribution in [0.2, 0.25) is 0 Å². The zero-order chi connectivity index (χ0) is 26.7. The Hall–Kier alpha value is -0.700. The number of carbonyl (C=O) groups excluding carboxylic acids is 1. The molecule has 8 heteroatoms. The lowest BCUT2D eigenvalue weighted by Gasteiger charge is -2.62. The molecule has 0 aliphatic heterocycles. The van der Waals surface area contributed by atoms with Crippen molar-refractivity contribution in [1.82, 2.24) is 5.32 Å². The molecule has 4 aliphatic carbocycles. The van der Waals surface area contributed by atoms with Gasteiger partial charge in [0.05, 0.1) is 12.2 Å². The lowest BCUT2D eigenvalue weighted by molar-refractivity contribution is -0.174. The zero-order valence-corrected chi connectivity index (χ0v) is 23.7. The van der Waals surface area contributed by atoms with Crippen molar-refractivity contribution < 1.29 is 28.0 Å². The molecule has 0 aromatic heterocycles. The van der Waals surface area contributed by atoms with Crippen LogP contribution in [0.1, 0.15) is 98.8 Å². The van der Waals surface area contributed by atoms with Crippen LogP contribution in [0, 0.1) is 46.3 Å². The van der Waals surface area contributed by atoms with Crippen LogP contribution in [0.5, 0.6) is 0 Å². The quantitative estimate of drug-likeness (QED) is 0.368. The van der Waals surface area contributed by atoms with E-state index in [0.29, 0.717) is 41.9 Å². The number of fused-ring (bicyclic) bond motifs is 5. The Morgan fingerprint density at radius 1 is 1.03 bits per heavy atom. The molecule has 10 atom stereocenters. The van der Waals surface area contributed by atoms with Crippen LogP contribution in [-0.2, 0) is 14.9 Å². The molecule has 4 rings (SSSR count). The summed E-state index contributed by atoms with van der Waals surface area (Å²) < 4.78 is 30.9. The molecule has 0 radical (unpaired) electrons. The molecule has 0 unspecified atom stereocenters. The van der Waals surface area contributed by atoms with Crippen molar-refractivity contribution in [2.75, 3.05) is 6.54 Å². The van der Waals surface area contributed by atoms with Crippen LogP contribution in [0.3, 0.4) is 0 Å². The molecule has 4 saturated carbocycles. The molecule has 4 aliphatic rings. The molecule has 1 amide bonds. The highest BCUT2D eigenvalue weighted by Gasteiger charge is 2.62. The molecule has 4 fully saturated rings. The minimum absolute atomic E-state index is 0.111. The van der Waals surface area contributed by atoms with Gasteiger partial charge in [-0.1, -0.05) is 20.8 Å². The second kappa shape index (κ2) is 9.80. The zero-order valence-electron chi connectivity index (χ0n) is 22.9. The lowest BCUT2D eigenvalue weighted by Crippen LogP contribution is -2.58. The molecule has 0 bridgehead atoms. The largest absolute Gasteiger partial charge is 0.393 e. The first kappa shape index (κ1) is 28.3. The van der Waals surface area contributed by atoms with E-state index >= 15 is 0 Å². The molecule has 0 aromatic carbocycles. The first-order valence-corrected chi connectivity index (χ1v) is 15.6. The maximum atomic E-state index is 12.5. The van der Waals surface area contributed by atoms with Crippen LogP contribution in [0.4, 0.5) is 0 Å². The van der Waals surface area contributed by atoms with E-state index in [1.807, 2.05) is 0 Å². The van der Waals surface area contributed by atoms with Crippen molar-refractivity contribution in [2.45, 2.75) is 116 Å². The first-order valence-electron chi connectivity index (χ1n) is 14.2. The molecule has 0 aromatic rings. The highest BCUT2D eigenvalue weighted by atomic mass is 32.2. The number of hydrogen-bond acceptors (Lipinski definition) is 5. The SMILES string of the molecule is C[C@H](CCC(=O)NCC(C)(C)S(=O)(=O)O)[C@H]1CC[C@H]2[C@@H]3[C@@H](O)C[C@@H]4C[C@H](O)CC[C@]4(C)[C@H]3CC[C@]12C. The van der Waals surface area contributed by atoms with Gasteiger partial charge in [-0.25, -0.2) is 0 Å². The standard InChI is InChI=1S/C28H49NO6S/c1-17(6-9-24(32)29-16-26(2,3)36(33,34)35)20-7-8-21-25-22(11-13-28(20,21)5)27(4)12-10-19(30)14-18(27)15-23(25)31/h17-23,25,30-31H,6-16H2,1-5H3,(H,29,32)(H,33,34,35)/t17-,18+,19-,20-,21+,22+,23+,25+,27+,28-/m1/s1. The Morgan fingerprint density at radius 2 is 1.67 bits per heavy atom. The predicted molar refractivity (Wildman–Crippen MR) is 140 cm³/mol. The lowest BCUT2D eigenvalue weighted by atomic mass is 9.43. The van der Waals surface area contributed by atoms with Gasteiger partial charge in [0, 0.05) is 13.0 Å². The Kier molecular flexibility index (Phi) is 7.71. The third-order valence-corrected chi connectivity index (χ3v) is 13.2. The van der Waals surface area contributed by atoms with Crippen molar-refractivity contribution >= 4 is 16.0 Å². The van der Waals surface area contributed by atoms with E-state index in [1.165, 1.54) is 20.3 Å². The first-order chi connectivity index (χ1) is 16.6. The molecule has 208 valence electrons. The number of rotatable bonds is 7. The van der Waals surface area contributed by atoms with Crippen LogP contribution in [0.15, 0.2) is 0 Å². The number of nitrogens with one attached hydrogen (secondary N) is 1. The normalized spacial score (nSPS) is 43.7. The predicted octanol–water partition coefficient (Wildman–Crippen LogP) is 4.18. The minimum atomic E-state index is -4.24. The van der Waals surface area contributed by atoms with Crippen LogP contribution >= 0.6 is 0 Å². The van der Waals surface area contributed by atoms with E-state index in [9.17, 15) is 28.0 Å². The second-order valence-electron chi connectivity index (χ2n) is 14.0. The van der Waals surface area contributed by atoms with Gasteiger partial charge in [-0.05, 0) is 118 Å². The van der Waals surface area contributed by atoms with Gasteiger partial charge < -0.3 is 15.5 Å². The van der Waals surface area contributed by atoms with E-state index < -0.39 is 14.9 Å². The summed E-state index contributed by atoms with van der Waals surface area (Å²) in [5.41, 5.74) is 0.393. The smallest absolute Gasteiger partial charge is 0.271 e. The Balaban J connectivity index is 1.38. The van der Waals surface area contributed by atoms with E-state index in [1.54, 1.807) is 0 Å². The minimum Gasteiger partial charge on any atom is -0.393 e. The van der Waals surface area contributed by atoms with Gasteiger partial charge in [-0.3, -0.25) is 9.35 Å². The summed E-state index contributed by atoms with van der Waals surface area (Å²) in [6.45, 7) is 9.81. The number of aliphatic hydroxyl groups is 2. The summed E-state index contributed by atoms with van der Waals surface area (Å²) in [4.78, 5) is 12.5. The van der Waals surface area contributed by atoms with Gasteiger partial charge in [0.15, 0.2) is 0 Å². The fourth-order valence-electron chi connectivity index (χ4n) is 9.23. The highest BCUT2D eigenvalue weighted by molar-refractivity contribution is 7.87. The molecule has 0 saturated heterocycles. The fourth-order valence-corrected chi connectivity index (χ4v) is 9.48. The number of amides is 1. The average molecular weight is 528 g/mol. The highest BCUT2D eigenvalue weighted by Crippen LogP contribution is 2.68. The Morgan fingerprint density at radius 3 is 2.33 bits per heavy atom. The summed E-state index contributed by atoms with van der Waals surface area (Å²) in [5.74, 6) is 2.49. The topological polar surface area (TPSA) is 124 Å². The summed E-state index contributed by atoms with van der Waals surface area (Å²) >= 11 is 0. The van der Waals surface area contributed by atoms with Gasteiger partial charge in [0.25, 0.3) is 10.1 Å². The molecular formula is C28H49NO6S. The summed E-state index contributed by atoms with van der Waals surface area (Å²) in [6.07, 6.45) is 8.79. The van der Waals surface area contributed by atoms with Crippen LogP contribution < -0.4 is 5.32 Å². The molecular weight excluding hydrogens is 478 g/mol. The van der Waals surface area contributed by atoms with Gasteiger partial charge in [-0.15, -0.1) is 0 Å². The third-order valence-electron chi connectivity index (χ3n) is 11.7. The number of hydrogen-bond donors (Lipinski definition) is 4. The van der Waals surface area contributed by atoms with Crippen molar-refractivity contribution in [1.29, 1.82) is 0 Å². The van der Waals surface area contributed by atoms with Gasteiger partial charge in [0.2, 0.25) is 5.91 Å². The number of carbonyl (C=O) groups is 1. The van der Waals surface area contributed by atoms with Crippen molar-refractivity contribution in [2.24, 2.45) is 46.3 Å². The number of aliphatic hydroxyl groups excluding tert-OH is 2. The van der Waals surface area contributed by atoms with Crippen LogP contribution in [0.25, 0.3) is 0 Å². The van der Waals surface area contributed by atoms with Gasteiger partial charge in [0.1, 0.15) is 4.75 Å². The van der Waals surface area contributed by atoms with E-state index in [-0.39, 0.29) is 35.5 Å². The average Bonchev–Trinajstić information content (AvgIpc) is 3.13. The van der Waals surface area contributed by atoms with Crippen molar-refractivity contribution in [3.63, 3.8) is 0 Å². The summed E-state index contributed by atoms with van der Waals surface area (Å²) in [6, 6.07) is 0. The Bertz CT molecular complexity index is 936.